The lowest BCUT2D eigenvalue weighted by Gasteiger charge is -2.21. The number of hydrogen-bond donors (Lipinski definition) is 0. The summed E-state index contributed by atoms with van der Waals surface area (Å²) in [6, 6.07) is 11.5. The van der Waals surface area contributed by atoms with Crippen LogP contribution in [-0.4, -0.2) is 9.97 Å². The van der Waals surface area contributed by atoms with Gasteiger partial charge in [0.1, 0.15) is 6.33 Å². The van der Waals surface area contributed by atoms with Gasteiger partial charge in [-0.3, -0.25) is 0 Å². The SMILES string of the molecule is CC(C)Cc1csc2c1ccc1sc3c(-c4cc(C(C)(C)C)c5sccc5c4)ncnc3c12. The lowest BCUT2D eigenvalue weighted by molar-refractivity contribution is 0.597. The molecule has 0 spiro atoms. The summed E-state index contributed by atoms with van der Waals surface area (Å²) < 4.78 is 5.23. The highest BCUT2D eigenvalue weighted by Gasteiger charge is 2.22. The molecule has 0 aliphatic heterocycles. The highest BCUT2D eigenvalue weighted by molar-refractivity contribution is 7.27. The highest BCUT2D eigenvalue weighted by atomic mass is 32.1. The van der Waals surface area contributed by atoms with Crippen LogP contribution in [0, 0.1) is 5.92 Å². The van der Waals surface area contributed by atoms with E-state index >= 15 is 0 Å². The van der Waals surface area contributed by atoms with E-state index in [1.54, 1.807) is 6.33 Å². The molecule has 5 heteroatoms. The molecule has 0 bridgehead atoms. The lowest BCUT2D eigenvalue weighted by atomic mass is 9.85. The van der Waals surface area contributed by atoms with Crippen LogP contribution in [0.25, 0.3) is 51.7 Å². The van der Waals surface area contributed by atoms with Crippen LogP contribution in [0.1, 0.15) is 45.7 Å². The summed E-state index contributed by atoms with van der Waals surface area (Å²) in [6.45, 7) is 11.5. The first-order valence-corrected chi connectivity index (χ1v) is 14.0. The molecule has 0 saturated heterocycles. The fourth-order valence-electron chi connectivity index (χ4n) is 4.78. The summed E-state index contributed by atoms with van der Waals surface area (Å²) in [4.78, 5) is 9.62. The van der Waals surface area contributed by atoms with Gasteiger partial charge in [0.15, 0.2) is 0 Å². The first-order chi connectivity index (χ1) is 15.8. The highest BCUT2D eigenvalue weighted by Crippen LogP contribution is 2.45. The van der Waals surface area contributed by atoms with Crippen molar-refractivity contribution in [2.24, 2.45) is 5.92 Å². The average molecular weight is 487 g/mol. The Labute approximate surface area is 205 Å². The van der Waals surface area contributed by atoms with E-state index in [-0.39, 0.29) is 5.41 Å². The van der Waals surface area contributed by atoms with Gasteiger partial charge in [-0.05, 0) is 74.7 Å². The first-order valence-electron chi connectivity index (χ1n) is 11.4. The quantitative estimate of drug-likeness (QED) is 0.249. The minimum Gasteiger partial charge on any atom is -0.235 e. The molecular formula is C28H26N2S3. The first kappa shape index (κ1) is 21.2. The van der Waals surface area contributed by atoms with E-state index in [9.17, 15) is 0 Å². The molecule has 166 valence electrons. The van der Waals surface area contributed by atoms with Crippen molar-refractivity contribution in [1.82, 2.24) is 9.97 Å². The molecular weight excluding hydrogens is 461 g/mol. The van der Waals surface area contributed by atoms with E-state index in [1.807, 2.05) is 34.0 Å². The second-order valence-electron chi connectivity index (χ2n) is 10.3. The molecule has 0 aliphatic carbocycles. The van der Waals surface area contributed by atoms with Gasteiger partial charge in [-0.2, -0.15) is 0 Å². The van der Waals surface area contributed by atoms with Gasteiger partial charge in [-0.15, -0.1) is 34.0 Å². The molecule has 0 aliphatic rings. The van der Waals surface area contributed by atoms with Crippen LogP contribution in [0.5, 0.6) is 0 Å². The van der Waals surface area contributed by atoms with Crippen molar-refractivity contribution in [1.29, 1.82) is 0 Å². The Morgan fingerprint density at radius 2 is 1.79 bits per heavy atom. The molecule has 33 heavy (non-hydrogen) atoms. The summed E-state index contributed by atoms with van der Waals surface area (Å²) in [7, 11) is 0. The van der Waals surface area contributed by atoms with Crippen molar-refractivity contribution >= 4 is 74.5 Å². The number of benzene rings is 2. The molecule has 6 aromatic rings. The van der Waals surface area contributed by atoms with Crippen molar-refractivity contribution < 1.29 is 0 Å². The third-order valence-electron chi connectivity index (χ3n) is 6.30. The van der Waals surface area contributed by atoms with E-state index in [2.05, 4.69) is 75.7 Å². The van der Waals surface area contributed by atoms with Crippen LogP contribution < -0.4 is 0 Å². The molecule has 4 heterocycles. The minimum atomic E-state index is 0.0708. The van der Waals surface area contributed by atoms with Crippen LogP contribution in [0.3, 0.4) is 0 Å². The van der Waals surface area contributed by atoms with Gasteiger partial charge >= 0.3 is 0 Å². The van der Waals surface area contributed by atoms with Gasteiger partial charge in [0.2, 0.25) is 0 Å². The maximum absolute atomic E-state index is 4.82. The number of rotatable bonds is 3. The largest absolute Gasteiger partial charge is 0.235 e. The maximum Gasteiger partial charge on any atom is 0.116 e. The molecule has 0 saturated carbocycles. The van der Waals surface area contributed by atoms with Gasteiger partial charge in [-0.25, -0.2) is 9.97 Å². The normalized spacial score (nSPS) is 12.8. The third kappa shape index (κ3) is 3.40. The molecule has 2 aromatic carbocycles. The third-order valence-corrected chi connectivity index (χ3v) is 9.47. The summed E-state index contributed by atoms with van der Waals surface area (Å²) >= 11 is 5.52. The van der Waals surface area contributed by atoms with Crippen LogP contribution in [0.2, 0.25) is 0 Å². The smallest absolute Gasteiger partial charge is 0.116 e. The molecule has 6 rings (SSSR count). The van der Waals surface area contributed by atoms with E-state index < -0.39 is 0 Å². The van der Waals surface area contributed by atoms with Gasteiger partial charge in [0, 0.05) is 25.0 Å². The zero-order valence-corrected chi connectivity index (χ0v) is 22.0. The summed E-state index contributed by atoms with van der Waals surface area (Å²) in [5.74, 6) is 0.649. The maximum atomic E-state index is 4.82. The molecule has 0 amide bonds. The Morgan fingerprint density at radius 3 is 2.58 bits per heavy atom. The Bertz CT molecular complexity index is 1660. The zero-order chi connectivity index (χ0) is 22.9. The van der Waals surface area contributed by atoms with E-state index in [1.165, 1.54) is 51.6 Å². The number of thiophene rings is 3. The molecule has 4 aromatic heterocycles. The van der Waals surface area contributed by atoms with Crippen molar-refractivity contribution in [2.75, 3.05) is 0 Å². The van der Waals surface area contributed by atoms with Crippen molar-refractivity contribution in [3.8, 4) is 11.3 Å². The lowest BCUT2D eigenvalue weighted by Crippen LogP contribution is -2.11. The van der Waals surface area contributed by atoms with Gasteiger partial charge in [0.05, 0.1) is 15.9 Å². The predicted molar refractivity (Wildman–Crippen MR) is 148 cm³/mol. The van der Waals surface area contributed by atoms with Gasteiger partial charge < -0.3 is 0 Å². The number of aromatic nitrogens is 2. The minimum absolute atomic E-state index is 0.0708. The Morgan fingerprint density at radius 1 is 0.939 bits per heavy atom. The monoisotopic (exact) mass is 486 g/mol. The number of fused-ring (bicyclic) bond motifs is 6. The number of hydrogen-bond acceptors (Lipinski definition) is 5. The van der Waals surface area contributed by atoms with Crippen molar-refractivity contribution in [3.05, 3.63) is 58.5 Å². The number of nitrogens with zero attached hydrogens (tertiary/aromatic N) is 2. The zero-order valence-electron chi connectivity index (χ0n) is 19.5. The average Bonchev–Trinajstić information content (AvgIpc) is 3.47. The summed E-state index contributed by atoms with van der Waals surface area (Å²) in [6.07, 6.45) is 2.86. The predicted octanol–water partition coefficient (Wildman–Crippen LogP) is 9.44. The molecule has 0 unspecified atom stereocenters. The second kappa shape index (κ2) is 7.59. The fourth-order valence-corrected chi connectivity index (χ4v) is 8.26. The molecule has 0 atom stereocenters. The van der Waals surface area contributed by atoms with Crippen LogP contribution >= 0.6 is 34.0 Å². The summed E-state index contributed by atoms with van der Waals surface area (Å²) in [5.41, 5.74) is 6.24. The van der Waals surface area contributed by atoms with E-state index in [0.717, 1.165) is 17.6 Å². The van der Waals surface area contributed by atoms with Gasteiger partial charge in [0.25, 0.3) is 0 Å². The topological polar surface area (TPSA) is 25.8 Å². The second-order valence-corrected chi connectivity index (χ2v) is 13.1. The molecule has 0 fully saturated rings. The Kier molecular flexibility index (Phi) is 4.88. The fraction of sp³-hybridized carbons (Fsp3) is 0.286. The van der Waals surface area contributed by atoms with Crippen LogP contribution in [0.4, 0.5) is 0 Å². The molecule has 0 N–H and O–H groups in total. The van der Waals surface area contributed by atoms with Gasteiger partial charge in [-0.1, -0.05) is 40.7 Å². The Balaban J connectivity index is 1.63. The molecule has 0 radical (unpaired) electrons. The van der Waals surface area contributed by atoms with Crippen molar-refractivity contribution in [3.63, 3.8) is 0 Å². The van der Waals surface area contributed by atoms with Crippen LogP contribution in [0.15, 0.2) is 47.4 Å². The standard InChI is InChI=1S/C28H26N2S3/c1-15(2)10-18-13-32-26-19(18)6-7-21-22(26)24-27(33-21)23(29-14-30-24)17-11-16-8-9-31-25(16)20(12-17)28(3,4)5/h6-9,11-15H,10H2,1-5H3. The van der Waals surface area contributed by atoms with Crippen LogP contribution in [-0.2, 0) is 11.8 Å². The van der Waals surface area contributed by atoms with Crippen molar-refractivity contribution in [2.45, 2.75) is 46.5 Å². The Hall–Kier alpha value is -2.34. The van der Waals surface area contributed by atoms with E-state index in [0.29, 0.717) is 5.92 Å². The molecule has 2 nitrogen and oxygen atoms in total. The summed E-state index contributed by atoms with van der Waals surface area (Å²) in [5, 5.41) is 8.52. The van der Waals surface area contributed by atoms with E-state index in [4.69, 9.17) is 9.97 Å².